The van der Waals surface area contributed by atoms with Crippen molar-refractivity contribution in [1.82, 2.24) is 15.0 Å². The molecule has 0 unspecified atom stereocenters. The standard InChI is InChI=1S/C24H24N6/c25-17-7-4-12-30(15-17)23-10-11-27-22-14-28-21(13-18(22)23)24-19(26)8-9-20(29-24)16-5-2-1-3-6-16/h1-3,5-6,8-11,13-14,17H,4,7,12,15,25-26H2/t17-/m0/s1. The Morgan fingerprint density at radius 2 is 1.83 bits per heavy atom. The van der Waals surface area contributed by atoms with Crippen LogP contribution in [-0.2, 0) is 0 Å². The Labute approximate surface area is 175 Å². The van der Waals surface area contributed by atoms with Crippen LogP contribution in [0.15, 0.2) is 67.0 Å². The average molecular weight is 396 g/mol. The van der Waals surface area contributed by atoms with Gasteiger partial charge in [-0.25, -0.2) is 4.98 Å². The van der Waals surface area contributed by atoms with Crippen LogP contribution < -0.4 is 16.4 Å². The third-order valence-electron chi connectivity index (χ3n) is 5.64. The molecule has 1 saturated heterocycles. The number of pyridine rings is 3. The highest BCUT2D eigenvalue weighted by Gasteiger charge is 2.20. The molecule has 1 fully saturated rings. The molecule has 1 aliphatic rings. The number of rotatable bonds is 3. The van der Waals surface area contributed by atoms with E-state index in [-0.39, 0.29) is 6.04 Å². The zero-order chi connectivity index (χ0) is 20.5. The Hall–Kier alpha value is -3.51. The molecule has 0 spiro atoms. The minimum absolute atomic E-state index is 0.197. The van der Waals surface area contributed by atoms with Gasteiger partial charge in [-0.2, -0.15) is 0 Å². The molecule has 5 rings (SSSR count). The summed E-state index contributed by atoms with van der Waals surface area (Å²) in [6, 6.07) is 18.2. The van der Waals surface area contributed by atoms with Crippen molar-refractivity contribution >= 4 is 22.3 Å². The molecule has 6 nitrogen and oxygen atoms in total. The molecule has 4 aromatic rings. The molecule has 30 heavy (non-hydrogen) atoms. The summed E-state index contributed by atoms with van der Waals surface area (Å²) in [7, 11) is 0. The van der Waals surface area contributed by atoms with Crippen LogP contribution in [0.4, 0.5) is 11.4 Å². The van der Waals surface area contributed by atoms with Crippen molar-refractivity contribution in [3.05, 3.63) is 67.0 Å². The van der Waals surface area contributed by atoms with Crippen molar-refractivity contribution in [2.24, 2.45) is 5.73 Å². The van der Waals surface area contributed by atoms with Crippen LogP contribution in [0.5, 0.6) is 0 Å². The molecular weight excluding hydrogens is 372 g/mol. The van der Waals surface area contributed by atoms with Gasteiger partial charge in [0.05, 0.1) is 28.8 Å². The average Bonchev–Trinajstić information content (AvgIpc) is 2.79. The number of aromatic nitrogens is 3. The number of nitrogens with two attached hydrogens (primary N) is 2. The van der Waals surface area contributed by atoms with Crippen LogP contribution in [0.25, 0.3) is 33.5 Å². The van der Waals surface area contributed by atoms with Gasteiger partial charge in [0, 0.05) is 42.0 Å². The van der Waals surface area contributed by atoms with E-state index in [1.807, 2.05) is 54.7 Å². The minimum atomic E-state index is 0.197. The Balaban J connectivity index is 1.61. The fraction of sp³-hybridized carbons (Fsp3) is 0.208. The third-order valence-corrected chi connectivity index (χ3v) is 5.64. The molecule has 150 valence electrons. The normalized spacial score (nSPS) is 16.7. The van der Waals surface area contributed by atoms with Gasteiger partial charge >= 0.3 is 0 Å². The Morgan fingerprint density at radius 1 is 0.967 bits per heavy atom. The van der Waals surface area contributed by atoms with Gasteiger partial charge in [0.15, 0.2) is 0 Å². The van der Waals surface area contributed by atoms with Gasteiger partial charge in [0.25, 0.3) is 0 Å². The summed E-state index contributed by atoms with van der Waals surface area (Å²) in [5.74, 6) is 0. The monoisotopic (exact) mass is 396 g/mol. The van der Waals surface area contributed by atoms with E-state index in [2.05, 4.69) is 20.9 Å². The summed E-state index contributed by atoms with van der Waals surface area (Å²) >= 11 is 0. The predicted octanol–water partition coefficient (Wildman–Crippen LogP) is 3.87. The van der Waals surface area contributed by atoms with Crippen LogP contribution in [0.3, 0.4) is 0 Å². The number of anilines is 2. The van der Waals surface area contributed by atoms with Crippen molar-refractivity contribution in [2.75, 3.05) is 23.7 Å². The third kappa shape index (κ3) is 3.46. The molecule has 3 aromatic heterocycles. The molecule has 1 aromatic carbocycles. The van der Waals surface area contributed by atoms with E-state index in [1.165, 1.54) is 0 Å². The van der Waals surface area contributed by atoms with Crippen molar-refractivity contribution in [3.8, 4) is 22.6 Å². The van der Waals surface area contributed by atoms with Crippen LogP contribution >= 0.6 is 0 Å². The maximum Gasteiger partial charge on any atom is 0.112 e. The van der Waals surface area contributed by atoms with Crippen LogP contribution in [0.1, 0.15) is 12.8 Å². The van der Waals surface area contributed by atoms with Crippen LogP contribution in [-0.4, -0.2) is 34.1 Å². The summed E-state index contributed by atoms with van der Waals surface area (Å²) in [4.78, 5) is 16.3. The zero-order valence-electron chi connectivity index (χ0n) is 16.7. The summed E-state index contributed by atoms with van der Waals surface area (Å²) < 4.78 is 0. The van der Waals surface area contributed by atoms with E-state index in [0.717, 1.165) is 59.5 Å². The van der Waals surface area contributed by atoms with Gasteiger partial charge in [0.1, 0.15) is 5.69 Å². The Bertz CT molecular complexity index is 1190. The van der Waals surface area contributed by atoms with E-state index >= 15 is 0 Å². The van der Waals surface area contributed by atoms with Crippen molar-refractivity contribution in [3.63, 3.8) is 0 Å². The lowest BCUT2D eigenvalue weighted by Crippen LogP contribution is -2.42. The predicted molar refractivity (Wildman–Crippen MR) is 122 cm³/mol. The lowest BCUT2D eigenvalue weighted by Gasteiger charge is -2.33. The maximum atomic E-state index is 6.30. The molecule has 4 heterocycles. The smallest absolute Gasteiger partial charge is 0.112 e. The first kappa shape index (κ1) is 18.5. The van der Waals surface area contributed by atoms with E-state index in [4.69, 9.17) is 16.5 Å². The van der Waals surface area contributed by atoms with E-state index in [0.29, 0.717) is 11.4 Å². The highest BCUT2D eigenvalue weighted by molar-refractivity contribution is 5.94. The summed E-state index contributed by atoms with van der Waals surface area (Å²) in [6.45, 7) is 1.84. The molecule has 0 bridgehead atoms. The Morgan fingerprint density at radius 3 is 2.67 bits per heavy atom. The van der Waals surface area contributed by atoms with E-state index in [1.54, 1.807) is 6.20 Å². The fourth-order valence-electron chi connectivity index (χ4n) is 4.11. The highest BCUT2D eigenvalue weighted by atomic mass is 15.2. The van der Waals surface area contributed by atoms with E-state index in [9.17, 15) is 0 Å². The highest BCUT2D eigenvalue weighted by Crippen LogP contribution is 2.32. The van der Waals surface area contributed by atoms with Gasteiger partial charge in [-0.05, 0) is 37.1 Å². The van der Waals surface area contributed by atoms with Crippen molar-refractivity contribution < 1.29 is 0 Å². The number of nitrogen functional groups attached to an aromatic ring is 1. The lowest BCUT2D eigenvalue weighted by atomic mass is 10.0. The number of hydrogen-bond donors (Lipinski definition) is 2. The number of piperidine rings is 1. The van der Waals surface area contributed by atoms with Crippen molar-refractivity contribution in [1.29, 1.82) is 0 Å². The number of fused-ring (bicyclic) bond motifs is 1. The van der Waals surface area contributed by atoms with Gasteiger partial charge in [0.2, 0.25) is 0 Å². The summed E-state index contributed by atoms with van der Waals surface area (Å²) in [6.07, 6.45) is 5.80. The second kappa shape index (κ2) is 7.72. The Kier molecular flexibility index (Phi) is 4.77. The molecule has 6 heteroatoms. The van der Waals surface area contributed by atoms with Crippen LogP contribution in [0.2, 0.25) is 0 Å². The number of nitrogens with zero attached hydrogens (tertiary/aromatic N) is 4. The quantitative estimate of drug-likeness (QED) is 0.546. The topological polar surface area (TPSA) is 94.0 Å². The van der Waals surface area contributed by atoms with Gasteiger partial charge < -0.3 is 16.4 Å². The molecule has 0 saturated carbocycles. The second-order valence-corrected chi connectivity index (χ2v) is 7.77. The number of benzene rings is 1. The largest absolute Gasteiger partial charge is 0.397 e. The summed E-state index contributed by atoms with van der Waals surface area (Å²) in [5.41, 5.74) is 18.5. The molecule has 1 atom stereocenters. The first-order valence-electron chi connectivity index (χ1n) is 10.3. The first-order chi connectivity index (χ1) is 14.7. The molecule has 4 N–H and O–H groups in total. The second-order valence-electron chi connectivity index (χ2n) is 7.77. The van der Waals surface area contributed by atoms with Crippen LogP contribution in [0, 0.1) is 0 Å². The van der Waals surface area contributed by atoms with Crippen molar-refractivity contribution in [2.45, 2.75) is 18.9 Å². The molecule has 0 amide bonds. The zero-order valence-corrected chi connectivity index (χ0v) is 16.7. The van der Waals surface area contributed by atoms with E-state index < -0.39 is 0 Å². The molecule has 0 radical (unpaired) electrons. The molecule has 0 aliphatic carbocycles. The van der Waals surface area contributed by atoms with Gasteiger partial charge in [-0.3, -0.25) is 9.97 Å². The number of hydrogen-bond acceptors (Lipinski definition) is 6. The lowest BCUT2D eigenvalue weighted by molar-refractivity contribution is 0.507. The first-order valence-corrected chi connectivity index (χ1v) is 10.3. The van der Waals surface area contributed by atoms with Gasteiger partial charge in [-0.1, -0.05) is 30.3 Å². The molecular formula is C24H24N6. The summed E-state index contributed by atoms with van der Waals surface area (Å²) in [5, 5.41) is 1.04. The SMILES string of the molecule is Nc1ccc(-c2ccccc2)nc1-c1cc2c(N3CCC[C@H](N)C3)ccnc2cn1. The fourth-order valence-corrected chi connectivity index (χ4v) is 4.11. The van der Waals surface area contributed by atoms with Gasteiger partial charge in [-0.15, -0.1) is 0 Å². The maximum absolute atomic E-state index is 6.30. The molecule has 1 aliphatic heterocycles. The minimum Gasteiger partial charge on any atom is -0.397 e.